The molecule has 40 heavy (non-hydrogen) atoms. The number of aliphatic hydroxyl groups excluding tert-OH is 1. The first-order valence-electron chi connectivity index (χ1n) is 12.1. The zero-order chi connectivity index (χ0) is 30.6. The molecule has 0 spiro atoms. The Hall–Kier alpha value is -1.65. The number of hydrogen-bond donors (Lipinski definition) is 3. The summed E-state index contributed by atoms with van der Waals surface area (Å²) < 4.78 is 63.8. The quantitative estimate of drug-likeness (QED) is 0.132. The average Bonchev–Trinajstić information content (AvgIpc) is 3.05. The van der Waals surface area contributed by atoms with E-state index in [0.29, 0.717) is 10.8 Å². The van der Waals surface area contributed by atoms with Crippen molar-refractivity contribution in [2.75, 3.05) is 19.0 Å². The minimum Gasteiger partial charge on any atom is -0.462 e. The fraction of sp³-hybridized carbons (Fsp3) is 0.727. The van der Waals surface area contributed by atoms with Gasteiger partial charge in [-0.15, -0.1) is 0 Å². The Bertz CT molecular complexity index is 1240. The lowest BCUT2D eigenvalue weighted by Crippen LogP contribution is -2.42. The van der Waals surface area contributed by atoms with Gasteiger partial charge in [-0.1, -0.05) is 44.1 Å². The van der Waals surface area contributed by atoms with Crippen molar-refractivity contribution in [3.05, 3.63) is 32.9 Å². The normalized spacial score (nSPS) is 25.5. The van der Waals surface area contributed by atoms with Crippen molar-refractivity contribution in [1.29, 1.82) is 0 Å². The van der Waals surface area contributed by atoms with Crippen LogP contribution in [0.2, 0.25) is 0 Å². The van der Waals surface area contributed by atoms with Gasteiger partial charge in [0.1, 0.15) is 18.2 Å². The number of thioether (sulfide) groups is 1. The zero-order valence-electron chi connectivity index (χ0n) is 22.6. The van der Waals surface area contributed by atoms with Crippen LogP contribution in [0, 0.1) is 11.2 Å². The molecule has 228 valence electrons. The van der Waals surface area contributed by atoms with Gasteiger partial charge >= 0.3 is 19.4 Å². The maximum atomic E-state index is 15.2. The van der Waals surface area contributed by atoms with E-state index in [9.17, 15) is 33.2 Å². The van der Waals surface area contributed by atoms with Crippen LogP contribution >= 0.6 is 31.1 Å². The molecule has 0 radical (unpaired) electrons. The van der Waals surface area contributed by atoms with Crippen LogP contribution in [-0.2, 0) is 32.7 Å². The number of carbonyl (C=O) groups excluding carboxylic acids is 2. The van der Waals surface area contributed by atoms with Crippen LogP contribution in [0.4, 0.5) is 8.78 Å². The second-order valence-electron chi connectivity index (χ2n) is 10.1. The molecule has 1 aliphatic heterocycles. The molecule has 1 aliphatic rings. The molecule has 2 rings (SSSR count). The topological polar surface area (TPSA) is 175 Å². The summed E-state index contributed by atoms with van der Waals surface area (Å²) in [5.74, 6) is -2.17. The molecular formula is C22H33ClF2N3O10PS. The van der Waals surface area contributed by atoms with Gasteiger partial charge in [0.2, 0.25) is 5.82 Å². The molecule has 2 heterocycles. The maximum Gasteiger partial charge on any atom is 0.406 e. The van der Waals surface area contributed by atoms with Crippen LogP contribution in [0.15, 0.2) is 15.8 Å². The van der Waals surface area contributed by atoms with E-state index in [1.807, 2.05) is 0 Å². The third kappa shape index (κ3) is 8.92. The van der Waals surface area contributed by atoms with E-state index >= 15 is 4.39 Å². The number of aromatic nitrogens is 2. The first-order chi connectivity index (χ1) is 18.3. The van der Waals surface area contributed by atoms with Gasteiger partial charge in [0.05, 0.1) is 25.5 Å². The molecule has 0 aromatic carbocycles. The summed E-state index contributed by atoms with van der Waals surface area (Å²) in [6, 6.07) is -1.21. The Morgan fingerprint density at radius 1 is 1.32 bits per heavy atom. The Morgan fingerprint density at radius 2 is 1.95 bits per heavy atom. The number of aliphatic hydroxyl groups is 1. The minimum absolute atomic E-state index is 0.0660. The molecule has 1 aromatic heterocycles. The molecule has 0 bridgehead atoms. The number of nitrogens with one attached hydrogen (secondary N) is 2. The van der Waals surface area contributed by atoms with Crippen molar-refractivity contribution >= 4 is 42.2 Å². The number of esters is 1. The van der Waals surface area contributed by atoms with Crippen molar-refractivity contribution in [2.45, 2.75) is 77.3 Å². The Labute approximate surface area is 237 Å². The highest BCUT2D eigenvalue weighted by Crippen LogP contribution is 2.48. The predicted molar refractivity (Wildman–Crippen MR) is 141 cm³/mol. The van der Waals surface area contributed by atoms with E-state index in [2.05, 4.69) is 5.09 Å². The lowest BCUT2D eigenvalue weighted by Gasteiger charge is -2.25. The summed E-state index contributed by atoms with van der Waals surface area (Å²) >= 11 is 6.71. The number of ether oxygens (including phenoxy) is 2. The van der Waals surface area contributed by atoms with Crippen molar-refractivity contribution < 1.29 is 46.6 Å². The summed E-state index contributed by atoms with van der Waals surface area (Å²) in [5.41, 5.74) is -3.28. The van der Waals surface area contributed by atoms with Gasteiger partial charge in [0.15, 0.2) is 11.3 Å². The molecule has 6 atom stereocenters. The highest BCUT2D eigenvalue weighted by atomic mass is 35.5. The third-order valence-corrected chi connectivity index (χ3v) is 8.58. The molecule has 1 fully saturated rings. The van der Waals surface area contributed by atoms with E-state index in [0.717, 1.165) is 11.8 Å². The average molecular weight is 636 g/mol. The summed E-state index contributed by atoms with van der Waals surface area (Å²) in [4.78, 5) is 49.4. The van der Waals surface area contributed by atoms with E-state index in [4.69, 9.17) is 30.1 Å². The molecule has 3 N–H and O–H groups in total. The van der Waals surface area contributed by atoms with Gasteiger partial charge in [-0.3, -0.25) is 33.0 Å². The smallest absolute Gasteiger partial charge is 0.406 e. The number of alkyl halides is 2. The Morgan fingerprint density at radius 3 is 2.52 bits per heavy atom. The monoisotopic (exact) mass is 635 g/mol. The van der Waals surface area contributed by atoms with E-state index in [1.165, 1.54) is 6.92 Å². The lowest BCUT2D eigenvalue weighted by molar-refractivity contribution is -0.149. The van der Waals surface area contributed by atoms with Crippen LogP contribution in [0.25, 0.3) is 0 Å². The van der Waals surface area contributed by atoms with Crippen LogP contribution in [0.3, 0.4) is 0 Å². The number of H-pyrrole nitrogens is 1. The summed E-state index contributed by atoms with van der Waals surface area (Å²) in [6.45, 7) is 8.56. The molecule has 0 saturated carbocycles. The summed E-state index contributed by atoms with van der Waals surface area (Å²) in [6.07, 6.45) is -6.13. The second kappa shape index (κ2) is 13.6. The molecule has 1 saturated heterocycles. The molecule has 0 aliphatic carbocycles. The number of nitrogens with zero attached hydrogens (tertiary/aromatic N) is 1. The standard InChI is InChI=1S/C22H33ClF2N3O10PS/c1-11(2)37-17(31)12(3)27-39(34,35-7-8-40-19(32)21(4,5)6)36-10-14-15(29)22(23,25)18(38-14)28-9-13(24)16(30)26-20(28)33/h9,11-12,14-15,18,29H,7-8,10H2,1-6H3,(H,27,34)(H,26,30,33)/t12-,14-,15-,18-,22-,39+/m1/s1. The van der Waals surface area contributed by atoms with Crippen molar-refractivity contribution in [3.8, 4) is 0 Å². The first-order valence-corrected chi connectivity index (χ1v) is 15.0. The second-order valence-corrected chi connectivity index (χ2v) is 13.6. The van der Waals surface area contributed by atoms with Gasteiger partial charge in [0.25, 0.3) is 10.7 Å². The van der Waals surface area contributed by atoms with E-state index in [1.54, 1.807) is 39.6 Å². The van der Waals surface area contributed by atoms with Crippen molar-refractivity contribution in [2.24, 2.45) is 5.41 Å². The fourth-order valence-corrected chi connectivity index (χ4v) is 5.84. The van der Waals surface area contributed by atoms with Crippen molar-refractivity contribution in [1.82, 2.24) is 14.6 Å². The summed E-state index contributed by atoms with van der Waals surface area (Å²) in [7, 11) is -4.42. The van der Waals surface area contributed by atoms with Gasteiger partial charge in [0, 0.05) is 11.2 Å². The molecule has 13 nitrogen and oxygen atoms in total. The van der Waals surface area contributed by atoms with E-state index < -0.39 is 78.5 Å². The lowest BCUT2D eigenvalue weighted by atomic mass is 10.00. The predicted octanol–water partition coefficient (Wildman–Crippen LogP) is 2.22. The van der Waals surface area contributed by atoms with Gasteiger partial charge < -0.3 is 14.6 Å². The number of hydrogen-bond acceptors (Lipinski definition) is 11. The van der Waals surface area contributed by atoms with Crippen LogP contribution in [0.1, 0.15) is 47.8 Å². The van der Waals surface area contributed by atoms with Crippen LogP contribution in [0.5, 0.6) is 0 Å². The molecule has 0 amide bonds. The number of halogens is 3. The SMILES string of the molecule is CC(C)OC(=O)[C@@H](C)N[P@](=O)(OCCSC(=O)C(C)(C)C)OC[C@H]1O[C@@H](n2cc(F)c(=O)[nH]c2=O)[C@@](F)(Cl)[C@@H]1O. The molecule has 0 unspecified atom stereocenters. The van der Waals surface area contributed by atoms with E-state index in [-0.39, 0.29) is 17.5 Å². The van der Waals surface area contributed by atoms with Gasteiger partial charge in [-0.2, -0.15) is 4.39 Å². The van der Waals surface area contributed by atoms with Gasteiger partial charge in [-0.25, -0.2) is 18.8 Å². The Balaban J connectivity index is 2.19. The minimum atomic E-state index is -4.42. The highest BCUT2D eigenvalue weighted by molar-refractivity contribution is 8.13. The van der Waals surface area contributed by atoms with Crippen LogP contribution in [-0.4, -0.2) is 74.2 Å². The number of aromatic amines is 1. The van der Waals surface area contributed by atoms with Crippen LogP contribution < -0.4 is 16.3 Å². The largest absolute Gasteiger partial charge is 0.462 e. The van der Waals surface area contributed by atoms with Crippen molar-refractivity contribution in [3.63, 3.8) is 0 Å². The zero-order valence-corrected chi connectivity index (χ0v) is 25.1. The Kier molecular flexibility index (Phi) is 11.7. The van der Waals surface area contributed by atoms with Gasteiger partial charge in [-0.05, 0) is 20.8 Å². The summed E-state index contributed by atoms with van der Waals surface area (Å²) in [5, 5.41) is 9.43. The number of carbonyl (C=O) groups is 2. The third-order valence-electron chi connectivity index (χ3n) is 5.21. The fourth-order valence-electron chi connectivity index (χ4n) is 3.16. The number of rotatable bonds is 12. The maximum absolute atomic E-state index is 15.2. The first kappa shape index (κ1) is 34.6. The molecule has 18 heteroatoms. The molecule has 1 aromatic rings. The molecular weight excluding hydrogens is 603 g/mol. The highest BCUT2D eigenvalue weighted by Gasteiger charge is 2.58.